The van der Waals surface area contributed by atoms with Crippen molar-refractivity contribution in [3.8, 4) is 0 Å². The van der Waals surface area contributed by atoms with Gasteiger partial charge in [0.05, 0.1) is 0 Å². The van der Waals surface area contributed by atoms with Crippen LogP contribution in [0.4, 0.5) is 5.69 Å². The fraction of sp³-hybridized carbons (Fsp3) is 0.600. The molecule has 0 saturated carbocycles. The Morgan fingerprint density at radius 1 is 1.18 bits per heavy atom. The summed E-state index contributed by atoms with van der Waals surface area (Å²) >= 11 is 0. The largest absolute Gasteiger partial charge is 0.381 e. The maximum Gasteiger partial charge on any atom is 0.0417 e. The first-order chi connectivity index (χ1) is 8.35. The van der Waals surface area contributed by atoms with Gasteiger partial charge in [-0.2, -0.15) is 0 Å². The highest BCUT2D eigenvalue weighted by molar-refractivity contribution is 5.46. The number of piperidine rings is 3. The van der Waals surface area contributed by atoms with E-state index in [1.54, 1.807) is 0 Å². The number of nitrogens with one attached hydrogen (secondary N) is 1. The van der Waals surface area contributed by atoms with Gasteiger partial charge >= 0.3 is 0 Å². The van der Waals surface area contributed by atoms with Crippen LogP contribution in [-0.4, -0.2) is 30.6 Å². The standard InChI is InChI=1S/C15H22N2/c1-2-12-3-5-14(6-4-12)16-15-11-17-9-7-13(15)8-10-17/h3-6,13,15-16H,2,7-11H2,1H3. The van der Waals surface area contributed by atoms with Crippen LogP contribution in [0.25, 0.3) is 0 Å². The molecule has 1 aromatic rings. The average Bonchev–Trinajstić information content (AvgIpc) is 2.41. The van der Waals surface area contributed by atoms with Gasteiger partial charge in [0.25, 0.3) is 0 Å². The van der Waals surface area contributed by atoms with Crippen molar-refractivity contribution in [2.75, 3.05) is 25.0 Å². The molecule has 3 heterocycles. The highest BCUT2D eigenvalue weighted by Crippen LogP contribution is 2.29. The van der Waals surface area contributed by atoms with Crippen molar-refractivity contribution in [3.05, 3.63) is 29.8 Å². The predicted molar refractivity (Wildman–Crippen MR) is 72.4 cm³/mol. The second kappa shape index (κ2) is 4.69. The molecule has 0 radical (unpaired) electrons. The fourth-order valence-electron chi connectivity index (χ4n) is 3.18. The van der Waals surface area contributed by atoms with Crippen LogP contribution in [0.3, 0.4) is 0 Å². The number of hydrogen-bond acceptors (Lipinski definition) is 2. The first-order valence-electron chi connectivity index (χ1n) is 6.93. The van der Waals surface area contributed by atoms with E-state index in [-0.39, 0.29) is 0 Å². The molecule has 2 nitrogen and oxygen atoms in total. The molecule has 2 bridgehead atoms. The molecule has 1 atom stereocenters. The second-order valence-electron chi connectivity index (χ2n) is 5.44. The SMILES string of the molecule is CCc1ccc(NC2CN3CCC2CC3)cc1. The van der Waals surface area contributed by atoms with Crippen LogP contribution in [0.2, 0.25) is 0 Å². The molecule has 1 unspecified atom stereocenters. The van der Waals surface area contributed by atoms with Gasteiger partial charge < -0.3 is 10.2 Å². The lowest BCUT2D eigenvalue weighted by molar-refractivity contribution is 0.0975. The number of aryl methyl sites for hydroxylation is 1. The Bertz CT molecular complexity index is 363. The van der Waals surface area contributed by atoms with Gasteiger partial charge in [-0.25, -0.2) is 0 Å². The second-order valence-corrected chi connectivity index (χ2v) is 5.44. The molecule has 0 aliphatic carbocycles. The fourth-order valence-corrected chi connectivity index (χ4v) is 3.18. The summed E-state index contributed by atoms with van der Waals surface area (Å²) in [6, 6.07) is 9.62. The lowest BCUT2D eigenvalue weighted by Gasteiger charge is -2.45. The summed E-state index contributed by atoms with van der Waals surface area (Å²) in [6.45, 7) is 6.07. The Hall–Kier alpha value is -1.02. The molecule has 3 fully saturated rings. The topological polar surface area (TPSA) is 15.3 Å². The summed E-state index contributed by atoms with van der Waals surface area (Å²) < 4.78 is 0. The number of benzene rings is 1. The van der Waals surface area contributed by atoms with Crippen molar-refractivity contribution in [1.82, 2.24) is 4.90 Å². The molecular formula is C15H22N2. The molecule has 3 saturated heterocycles. The van der Waals surface area contributed by atoms with Gasteiger partial charge in [0, 0.05) is 18.3 Å². The van der Waals surface area contributed by atoms with Crippen molar-refractivity contribution in [2.24, 2.45) is 5.92 Å². The maximum atomic E-state index is 3.72. The van der Waals surface area contributed by atoms with E-state index in [4.69, 9.17) is 0 Å². The lowest BCUT2D eigenvalue weighted by Crippen LogP contribution is -2.53. The van der Waals surface area contributed by atoms with Crippen LogP contribution < -0.4 is 5.32 Å². The van der Waals surface area contributed by atoms with E-state index in [1.807, 2.05) is 0 Å². The van der Waals surface area contributed by atoms with Gasteiger partial charge in [0.2, 0.25) is 0 Å². The highest BCUT2D eigenvalue weighted by Gasteiger charge is 2.33. The van der Waals surface area contributed by atoms with Gasteiger partial charge in [0.1, 0.15) is 0 Å². The van der Waals surface area contributed by atoms with Crippen molar-refractivity contribution in [3.63, 3.8) is 0 Å². The summed E-state index contributed by atoms with van der Waals surface area (Å²) in [6.07, 6.45) is 3.88. The first kappa shape index (κ1) is 11.1. The zero-order valence-electron chi connectivity index (χ0n) is 10.7. The van der Waals surface area contributed by atoms with E-state index in [2.05, 4.69) is 41.4 Å². The zero-order valence-corrected chi connectivity index (χ0v) is 10.7. The molecule has 0 amide bonds. The van der Waals surface area contributed by atoms with Crippen molar-refractivity contribution >= 4 is 5.69 Å². The third-order valence-electron chi connectivity index (χ3n) is 4.37. The van der Waals surface area contributed by atoms with E-state index in [0.717, 1.165) is 12.3 Å². The minimum atomic E-state index is 0.671. The van der Waals surface area contributed by atoms with Crippen molar-refractivity contribution < 1.29 is 0 Å². The minimum Gasteiger partial charge on any atom is -0.381 e. The Morgan fingerprint density at radius 3 is 2.41 bits per heavy atom. The normalized spacial score (nSPS) is 31.5. The van der Waals surface area contributed by atoms with Crippen LogP contribution in [0.5, 0.6) is 0 Å². The van der Waals surface area contributed by atoms with Crippen LogP contribution in [-0.2, 0) is 6.42 Å². The Morgan fingerprint density at radius 2 is 1.88 bits per heavy atom. The van der Waals surface area contributed by atoms with E-state index in [1.165, 1.54) is 43.7 Å². The molecule has 2 heteroatoms. The Kier molecular flexibility index (Phi) is 3.06. The van der Waals surface area contributed by atoms with Crippen LogP contribution in [0.1, 0.15) is 25.3 Å². The molecule has 3 aliphatic heterocycles. The van der Waals surface area contributed by atoms with Crippen LogP contribution in [0, 0.1) is 5.92 Å². The third kappa shape index (κ3) is 2.32. The van der Waals surface area contributed by atoms with E-state index < -0.39 is 0 Å². The van der Waals surface area contributed by atoms with Gasteiger partial charge in [-0.1, -0.05) is 19.1 Å². The molecule has 0 aromatic heterocycles. The Balaban J connectivity index is 1.66. The Labute approximate surface area is 104 Å². The third-order valence-corrected chi connectivity index (χ3v) is 4.37. The quantitative estimate of drug-likeness (QED) is 0.859. The molecule has 1 N–H and O–H groups in total. The smallest absolute Gasteiger partial charge is 0.0417 e. The number of rotatable bonds is 3. The average molecular weight is 230 g/mol. The molecular weight excluding hydrogens is 208 g/mol. The monoisotopic (exact) mass is 230 g/mol. The lowest BCUT2D eigenvalue weighted by atomic mass is 9.84. The van der Waals surface area contributed by atoms with E-state index >= 15 is 0 Å². The van der Waals surface area contributed by atoms with Crippen molar-refractivity contribution in [2.45, 2.75) is 32.2 Å². The summed E-state index contributed by atoms with van der Waals surface area (Å²) in [4.78, 5) is 2.60. The summed E-state index contributed by atoms with van der Waals surface area (Å²) in [5.74, 6) is 0.894. The van der Waals surface area contributed by atoms with Gasteiger partial charge in [-0.3, -0.25) is 0 Å². The zero-order chi connectivity index (χ0) is 11.7. The number of anilines is 1. The summed E-state index contributed by atoms with van der Waals surface area (Å²) in [7, 11) is 0. The van der Waals surface area contributed by atoms with Gasteiger partial charge in [-0.05, 0) is 56.0 Å². The molecule has 3 aliphatic rings. The summed E-state index contributed by atoms with van der Waals surface area (Å²) in [5.41, 5.74) is 2.71. The van der Waals surface area contributed by atoms with Gasteiger partial charge in [0.15, 0.2) is 0 Å². The first-order valence-corrected chi connectivity index (χ1v) is 6.93. The number of hydrogen-bond donors (Lipinski definition) is 1. The molecule has 4 rings (SSSR count). The van der Waals surface area contributed by atoms with E-state index in [0.29, 0.717) is 6.04 Å². The molecule has 0 spiro atoms. The predicted octanol–water partition coefficient (Wildman–Crippen LogP) is 2.76. The van der Waals surface area contributed by atoms with Crippen LogP contribution in [0.15, 0.2) is 24.3 Å². The van der Waals surface area contributed by atoms with E-state index in [9.17, 15) is 0 Å². The summed E-state index contributed by atoms with van der Waals surface area (Å²) in [5, 5.41) is 3.72. The molecule has 92 valence electrons. The van der Waals surface area contributed by atoms with Gasteiger partial charge in [-0.15, -0.1) is 0 Å². The number of nitrogens with zero attached hydrogens (tertiary/aromatic N) is 1. The molecule has 17 heavy (non-hydrogen) atoms. The van der Waals surface area contributed by atoms with Crippen molar-refractivity contribution in [1.29, 1.82) is 0 Å². The van der Waals surface area contributed by atoms with Crippen LogP contribution >= 0.6 is 0 Å². The highest BCUT2D eigenvalue weighted by atomic mass is 15.2. The maximum absolute atomic E-state index is 3.72. The minimum absolute atomic E-state index is 0.671. The number of fused-ring (bicyclic) bond motifs is 3. The molecule has 1 aromatic carbocycles.